The van der Waals surface area contributed by atoms with Crippen molar-refractivity contribution in [2.75, 3.05) is 0 Å². The lowest BCUT2D eigenvalue weighted by Gasteiger charge is -2.06. The van der Waals surface area contributed by atoms with Gasteiger partial charge in [-0.1, -0.05) is 50.0 Å². The fourth-order valence-electron chi connectivity index (χ4n) is 2.11. The first-order valence-corrected chi connectivity index (χ1v) is 8.24. The zero-order valence-electron chi connectivity index (χ0n) is 13.9. The average Bonchev–Trinajstić information content (AvgIpc) is 3.37. The molecular weight excluding hydrogens is 301 g/mol. The molecule has 0 unspecified atom stereocenters. The number of nitrogens with one attached hydrogen (secondary N) is 1. The van der Waals surface area contributed by atoms with Gasteiger partial charge in [0.25, 0.3) is 0 Å². The molecule has 1 saturated carbocycles. The van der Waals surface area contributed by atoms with E-state index in [1.54, 1.807) is 30.4 Å². The van der Waals surface area contributed by atoms with Gasteiger partial charge in [-0.2, -0.15) is 0 Å². The third-order valence-corrected chi connectivity index (χ3v) is 3.58. The fraction of sp³-hybridized carbons (Fsp3) is 0.286. The maximum absolute atomic E-state index is 13.2. The van der Waals surface area contributed by atoms with Gasteiger partial charge in [0.2, 0.25) is 5.91 Å². The molecule has 0 atom stereocenters. The molecule has 0 bridgehead atoms. The van der Waals surface area contributed by atoms with Crippen LogP contribution < -0.4 is 5.32 Å². The third-order valence-electron chi connectivity index (χ3n) is 3.58. The fourth-order valence-corrected chi connectivity index (χ4v) is 2.11. The molecule has 0 spiro atoms. The third kappa shape index (κ3) is 5.89. The number of hydrogen-bond donors (Lipinski definition) is 1. The van der Waals surface area contributed by atoms with Gasteiger partial charge in [0.15, 0.2) is 0 Å². The van der Waals surface area contributed by atoms with Crippen LogP contribution in [0.25, 0.3) is 0 Å². The van der Waals surface area contributed by atoms with Crippen molar-refractivity contribution in [2.24, 2.45) is 0 Å². The summed E-state index contributed by atoms with van der Waals surface area (Å²) in [6.45, 7) is 5.79. The quantitative estimate of drug-likeness (QED) is 0.472. The van der Waals surface area contributed by atoms with E-state index < -0.39 is 0 Å². The normalized spacial score (nSPS) is 14.6. The summed E-state index contributed by atoms with van der Waals surface area (Å²) in [6, 6.07) is 6.48. The molecule has 1 aliphatic rings. The van der Waals surface area contributed by atoms with Crippen molar-refractivity contribution in [1.29, 1.82) is 0 Å². The first-order chi connectivity index (χ1) is 11.6. The zero-order valence-corrected chi connectivity index (χ0v) is 13.9. The Morgan fingerprint density at radius 1 is 1.42 bits per heavy atom. The first kappa shape index (κ1) is 17.7. The number of hydrogen-bond acceptors (Lipinski definition) is 1. The molecule has 2 nitrogen and oxygen atoms in total. The van der Waals surface area contributed by atoms with Gasteiger partial charge < -0.3 is 5.32 Å². The molecule has 2 rings (SSSR count). The maximum Gasteiger partial charge on any atom is 0.247 e. The lowest BCUT2D eigenvalue weighted by atomic mass is 10.1. The smallest absolute Gasteiger partial charge is 0.247 e. The maximum atomic E-state index is 13.2. The van der Waals surface area contributed by atoms with Crippen molar-refractivity contribution in [2.45, 2.75) is 38.6 Å². The largest absolute Gasteiger partial charge is 0.350 e. The lowest BCUT2D eigenvalue weighted by molar-refractivity contribution is -0.117. The highest BCUT2D eigenvalue weighted by Crippen LogP contribution is 2.20. The molecule has 0 aromatic heterocycles. The van der Waals surface area contributed by atoms with Gasteiger partial charge in [-0.15, -0.1) is 0 Å². The number of amides is 1. The van der Waals surface area contributed by atoms with Crippen LogP contribution in [0.2, 0.25) is 0 Å². The molecule has 0 saturated heterocycles. The first-order valence-electron chi connectivity index (χ1n) is 8.24. The zero-order chi connectivity index (χ0) is 17.4. The van der Waals surface area contributed by atoms with Crippen LogP contribution >= 0.6 is 0 Å². The Labute approximate surface area is 143 Å². The molecule has 0 heterocycles. The number of carbonyl (C=O) groups is 1. The van der Waals surface area contributed by atoms with E-state index in [9.17, 15) is 9.18 Å². The summed E-state index contributed by atoms with van der Waals surface area (Å²) in [5.41, 5.74) is 2.04. The molecule has 1 amide bonds. The summed E-state index contributed by atoms with van der Waals surface area (Å²) in [4.78, 5) is 12.2. The topological polar surface area (TPSA) is 29.1 Å². The second kappa shape index (κ2) is 8.88. The van der Waals surface area contributed by atoms with Crippen molar-refractivity contribution in [3.05, 3.63) is 71.6 Å². The second-order valence-corrected chi connectivity index (χ2v) is 5.78. The summed E-state index contributed by atoms with van der Waals surface area (Å²) in [5.74, 6) is 5.54. The summed E-state index contributed by atoms with van der Waals surface area (Å²) < 4.78 is 13.2. The predicted molar refractivity (Wildman–Crippen MR) is 95.7 cm³/mol. The number of allylic oxidation sites excluding steroid dienone is 4. The molecule has 1 N–H and O–H groups in total. The minimum atomic E-state index is -0.312. The Bertz CT molecular complexity index is 730. The summed E-state index contributed by atoms with van der Waals surface area (Å²) >= 11 is 0. The number of halogens is 1. The van der Waals surface area contributed by atoms with Gasteiger partial charge >= 0.3 is 0 Å². The molecule has 1 fully saturated rings. The number of rotatable bonds is 6. The molecule has 0 radical (unpaired) electrons. The van der Waals surface area contributed by atoms with Crippen molar-refractivity contribution in [3.8, 4) is 11.8 Å². The van der Waals surface area contributed by atoms with E-state index in [0.29, 0.717) is 17.2 Å². The van der Waals surface area contributed by atoms with Crippen LogP contribution in [0, 0.1) is 17.7 Å². The minimum Gasteiger partial charge on any atom is -0.350 e. The molecule has 1 aromatic carbocycles. The Balaban J connectivity index is 2.14. The van der Waals surface area contributed by atoms with Crippen LogP contribution in [-0.2, 0) is 4.79 Å². The van der Waals surface area contributed by atoms with Gasteiger partial charge in [-0.05, 0) is 43.5 Å². The second-order valence-electron chi connectivity index (χ2n) is 5.78. The highest BCUT2D eigenvalue weighted by molar-refractivity contribution is 5.94. The molecule has 1 aliphatic carbocycles. The average molecular weight is 323 g/mol. The van der Waals surface area contributed by atoms with E-state index >= 15 is 0 Å². The van der Waals surface area contributed by atoms with Crippen LogP contribution in [0.5, 0.6) is 0 Å². The van der Waals surface area contributed by atoms with Gasteiger partial charge in [0.1, 0.15) is 5.82 Å². The molecular formula is C21H22FNO. The number of carbonyl (C=O) groups excluding carboxylic acids is 1. The molecule has 1 aromatic rings. The van der Waals surface area contributed by atoms with Gasteiger partial charge in [-0.3, -0.25) is 4.79 Å². The van der Waals surface area contributed by atoms with Crippen molar-refractivity contribution in [1.82, 2.24) is 5.32 Å². The predicted octanol–water partition coefficient (Wildman–Crippen LogP) is 4.29. The van der Waals surface area contributed by atoms with Crippen LogP contribution in [0.1, 0.15) is 38.2 Å². The van der Waals surface area contributed by atoms with E-state index in [1.807, 2.05) is 6.92 Å². The Morgan fingerprint density at radius 2 is 2.21 bits per heavy atom. The Kier molecular flexibility index (Phi) is 6.57. The molecule has 24 heavy (non-hydrogen) atoms. The van der Waals surface area contributed by atoms with Crippen molar-refractivity contribution >= 4 is 5.91 Å². The van der Waals surface area contributed by atoms with E-state index in [0.717, 1.165) is 31.3 Å². The van der Waals surface area contributed by atoms with Crippen LogP contribution in [0.4, 0.5) is 4.39 Å². The highest BCUT2D eigenvalue weighted by atomic mass is 19.1. The van der Waals surface area contributed by atoms with Crippen LogP contribution in [-0.4, -0.2) is 11.9 Å². The van der Waals surface area contributed by atoms with E-state index in [4.69, 9.17) is 0 Å². The SMILES string of the molecule is C=CC(C#Cc1cccc(F)c1)=CC=C(CCC)C(=O)NC1CC1. The van der Waals surface area contributed by atoms with Crippen LogP contribution in [0.15, 0.2) is 60.2 Å². The van der Waals surface area contributed by atoms with Crippen LogP contribution in [0.3, 0.4) is 0 Å². The van der Waals surface area contributed by atoms with E-state index in [-0.39, 0.29) is 11.7 Å². The Hall–Kier alpha value is -2.60. The van der Waals surface area contributed by atoms with Gasteiger partial charge in [-0.25, -0.2) is 4.39 Å². The molecule has 124 valence electrons. The van der Waals surface area contributed by atoms with E-state index in [2.05, 4.69) is 23.7 Å². The van der Waals surface area contributed by atoms with E-state index in [1.165, 1.54) is 12.1 Å². The standard InChI is InChI=1S/C21H22FNO/c1-3-6-18(21(24)23-20-13-14-20)12-11-16(4-2)9-10-17-7-5-8-19(22)15-17/h4-5,7-8,11-12,15,20H,2-3,6,13-14H2,1H3,(H,23,24). The summed E-state index contributed by atoms with van der Waals surface area (Å²) in [6.07, 6.45) is 8.98. The highest BCUT2D eigenvalue weighted by Gasteiger charge is 2.24. The molecule has 0 aliphatic heterocycles. The number of benzene rings is 1. The van der Waals surface area contributed by atoms with Crippen molar-refractivity contribution in [3.63, 3.8) is 0 Å². The lowest BCUT2D eigenvalue weighted by Crippen LogP contribution is -2.26. The molecule has 3 heteroatoms. The van der Waals surface area contributed by atoms with Gasteiger partial charge in [0.05, 0.1) is 0 Å². The summed E-state index contributed by atoms with van der Waals surface area (Å²) in [5, 5.41) is 3.00. The van der Waals surface area contributed by atoms with Crippen molar-refractivity contribution < 1.29 is 9.18 Å². The Morgan fingerprint density at radius 3 is 2.83 bits per heavy atom. The minimum absolute atomic E-state index is 0.00268. The van der Waals surface area contributed by atoms with Gasteiger partial charge in [0, 0.05) is 22.8 Å². The summed E-state index contributed by atoms with van der Waals surface area (Å²) in [7, 11) is 0. The monoisotopic (exact) mass is 323 g/mol.